The average Bonchev–Trinajstić information content (AvgIpc) is 2.37. The molecule has 0 aliphatic heterocycles. The molecule has 0 radical (unpaired) electrons. The van der Waals surface area contributed by atoms with Gasteiger partial charge in [0, 0.05) is 12.6 Å². The molecular weight excluding hydrogens is 274 g/mol. The molecule has 0 aromatic carbocycles. The average molecular weight is 295 g/mol. The van der Waals surface area contributed by atoms with Crippen molar-refractivity contribution in [1.29, 1.82) is 0 Å². The van der Waals surface area contributed by atoms with Gasteiger partial charge in [0.1, 0.15) is 17.5 Å². The Hall–Kier alpha value is -2.31. The molecule has 0 aliphatic carbocycles. The maximum atomic E-state index is 11.8. The second kappa shape index (κ2) is 6.92. The van der Waals surface area contributed by atoms with Gasteiger partial charge in [0.25, 0.3) is 0 Å². The van der Waals surface area contributed by atoms with E-state index in [1.54, 1.807) is 39.1 Å². The van der Waals surface area contributed by atoms with Crippen molar-refractivity contribution in [3.05, 3.63) is 23.9 Å². The standard InChI is InChI=1S/C14H21N3O4/c1-14(2,3)21-13(19)17-10(12(18)20-4)8-9-6-5-7-16-11(9)15/h5-7,10H,8H2,1-4H3,(H2,15,16)(H,17,19). The molecule has 1 aromatic rings. The number of nitrogens with two attached hydrogens (primary N) is 1. The highest BCUT2D eigenvalue weighted by Gasteiger charge is 2.25. The van der Waals surface area contributed by atoms with Crippen molar-refractivity contribution in [2.24, 2.45) is 0 Å². The largest absolute Gasteiger partial charge is 0.467 e. The Morgan fingerprint density at radius 3 is 2.62 bits per heavy atom. The molecule has 1 aromatic heterocycles. The number of nitrogens with one attached hydrogen (secondary N) is 1. The Balaban J connectivity index is 2.80. The minimum Gasteiger partial charge on any atom is -0.467 e. The van der Waals surface area contributed by atoms with Gasteiger partial charge in [-0.1, -0.05) is 6.07 Å². The van der Waals surface area contributed by atoms with Crippen LogP contribution in [-0.4, -0.2) is 35.8 Å². The summed E-state index contributed by atoms with van der Waals surface area (Å²) in [4.78, 5) is 27.5. The van der Waals surface area contributed by atoms with Crippen LogP contribution in [0.1, 0.15) is 26.3 Å². The summed E-state index contributed by atoms with van der Waals surface area (Å²) in [6.45, 7) is 5.20. The lowest BCUT2D eigenvalue weighted by Crippen LogP contribution is -2.45. The van der Waals surface area contributed by atoms with E-state index in [-0.39, 0.29) is 6.42 Å². The molecule has 0 bridgehead atoms. The number of ether oxygens (including phenoxy) is 2. The second-order valence-corrected chi connectivity index (χ2v) is 5.47. The first-order chi connectivity index (χ1) is 9.73. The maximum absolute atomic E-state index is 11.8. The van der Waals surface area contributed by atoms with Gasteiger partial charge in [-0.3, -0.25) is 0 Å². The number of alkyl carbamates (subject to hydrolysis) is 1. The van der Waals surface area contributed by atoms with E-state index >= 15 is 0 Å². The van der Waals surface area contributed by atoms with Gasteiger partial charge in [-0.2, -0.15) is 0 Å². The van der Waals surface area contributed by atoms with Crippen LogP contribution in [-0.2, 0) is 20.7 Å². The van der Waals surface area contributed by atoms with Crippen LogP contribution in [0.2, 0.25) is 0 Å². The number of esters is 1. The number of anilines is 1. The number of hydrogen-bond acceptors (Lipinski definition) is 6. The summed E-state index contributed by atoms with van der Waals surface area (Å²) in [5, 5.41) is 2.48. The number of amides is 1. The number of hydrogen-bond donors (Lipinski definition) is 2. The quantitative estimate of drug-likeness (QED) is 0.811. The summed E-state index contributed by atoms with van der Waals surface area (Å²) in [6.07, 6.45) is 1.03. The Bertz CT molecular complexity index is 511. The Labute approximate surface area is 123 Å². The number of aromatic nitrogens is 1. The number of pyridine rings is 1. The van der Waals surface area contributed by atoms with E-state index in [0.717, 1.165) is 0 Å². The van der Waals surface area contributed by atoms with Crippen LogP contribution in [0, 0.1) is 0 Å². The third kappa shape index (κ3) is 5.68. The molecule has 0 saturated carbocycles. The molecule has 1 amide bonds. The van der Waals surface area contributed by atoms with Gasteiger partial charge in [0.15, 0.2) is 0 Å². The van der Waals surface area contributed by atoms with Crippen LogP contribution >= 0.6 is 0 Å². The number of methoxy groups -OCH3 is 1. The molecule has 7 heteroatoms. The monoisotopic (exact) mass is 295 g/mol. The lowest BCUT2D eigenvalue weighted by atomic mass is 10.1. The van der Waals surface area contributed by atoms with E-state index in [9.17, 15) is 9.59 Å². The molecule has 3 N–H and O–H groups in total. The molecule has 21 heavy (non-hydrogen) atoms. The van der Waals surface area contributed by atoms with Gasteiger partial charge in [-0.05, 0) is 32.4 Å². The minimum atomic E-state index is -0.892. The van der Waals surface area contributed by atoms with E-state index in [1.807, 2.05) is 0 Å². The lowest BCUT2D eigenvalue weighted by molar-refractivity contribution is -0.143. The van der Waals surface area contributed by atoms with Gasteiger partial charge in [-0.25, -0.2) is 14.6 Å². The van der Waals surface area contributed by atoms with Crippen LogP contribution in [0.25, 0.3) is 0 Å². The van der Waals surface area contributed by atoms with E-state index in [1.165, 1.54) is 7.11 Å². The minimum absolute atomic E-state index is 0.172. The normalized spacial score (nSPS) is 12.4. The molecule has 0 spiro atoms. The van der Waals surface area contributed by atoms with Gasteiger partial charge >= 0.3 is 12.1 Å². The van der Waals surface area contributed by atoms with Crippen molar-refractivity contribution < 1.29 is 19.1 Å². The van der Waals surface area contributed by atoms with E-state index in [4.69, 9.17) is 10.5 Å². The zero-order chi connectivity index (χ0) is 16.0. The molecule has 1 atom stereocenters. The van der Waals surface area contributed by atoms with Gasteiger partial charge < -0.3 is 20.5 Å². The predicted octanol–water partition coefficient (Wildman–Crippen LogP) is 1.27. The molecular formula is C14H21N3O4. The zero-order valence-corrected chi connectivity index (χ0v) is 12.7. The summed E-state index contributed by atoms with van der Waals surface area (Å²) >= 11 is 0. The van der Waals surface area contributed by atoms with Crippen molar-refractivity contribution in [1.82, 2.24) is 10.3 Å². The first kappa shape index (κ1) is 16.7. The fourth-order valence-corrected chi connectivity index (χ4v) is 1.63. The molecule has 0 aliphatic rings. The summed E-state index contributed by atoms with van der Waals surface area (Å²) in [5.74, 6) is -0.276. The molecule has 0 saturated heterocycles. The number of carbonyl (C=O) groups excluding carboxylic acids is 2. The smallest absolute Gasteiger partial charge is 0.408 e. The van der Waals surface area contributed by atoms with E-state index in [2.05, 4.69) is 15.0 Å². The highest BCUT2D eigenvalue weighted by Crippen LogP contribution is 2.12. The molecule has 7 nitrogen and oxygen atoms in total. The van der Waals surface area contributed by atoms with Crippen molar-refractivity contribution >= 4 is 17.9 Å². The van der Waals surface area contributed by atoms with Crippen molar-refractivity contribution in [3.63, 3.8) is 0 Å². The Kier molecular flexibility index (Phi) is 5.52. The molecule has 1 unspecified atom stereocenters. The third-order valence-electron chi connectivity index (χ3n) is 2.53. The van der Waals surface area contributed by atoms with Crippen LogP contribution in [0.3, 0.4) is 0 Å². The van der Waals surface area contributed by atoms with E-state index < -0.39 is 23.7 Å². The Morgan fingerprint density at radius 2 is 2.10 bits per heavy atom. The third-order valence-corrected chi connectivity index (χ3v) is 2.53. The molecule has 0 fully saturated rings. The highest BCUT2D eigenvalue weighted by atomic mass is 16.6. The summed E-state index contributed by atoms with van der Waals surface area (Å²) in [5.41, 5.74) is 5.72. The molecule has 1 heterocycles. The zero-order valence-electron chi connectivity index (χ0n) is 12.7. The fourth-order valence-electron chi connectivity index (χ4n) is 1.63. The maximum Gasteiger partial charge on any atom is 0.408 e. The lowest BCUT2D eigenvalue weighted by Gasteiger charge is -2.22. The van der Waals surface area contributed by atoms with Crippen molar-refractivity contribution in [3.8, 4) is 0 Å². The number of nitrogens with zero attached hydrogens (tertiary/aromatic N) is 1. The van der Waals surface area contributed by atoms with Crippen molar-refractivity contribution in [2.45, 2.75) is 38.8 Å². The first-order valence-electron chi connectivity index (χ1n) is 6.49. The van der Waals surface area contributed by atoms with Crippen LogP contribution in [0.5, 0.6) is 0 Å². The van der Waals surface area contributed by atoms with Crippen LogP contribution in [0.15, 0.2) is 18.3 Å². The van der Waals surface area contributed by atoms with Crippen LogP contribution in [0.4, 0.5) is 10.6 Å². The number of rotatable bonds is 4. The Morgan fingerprint density at radius 1 is 1.43 bits per heavy atom. The van der Waals surface area contributed by atoms with Gasteiger partial charge in [-0.15, -0.1) is 0 Å². The van der Waals surface area contributed by atoms with Gasteiger partial charge in [0.2, 0.25) is 0 Å². The summed E-state index contributed by atoms with van der Waals surface area (Å²) in [7, 11) is 1.25. The van der Waals surface area contributed by atoms with E-state index in [0.29, 0.717) is 11.4 Å². The SMILES string of the molecule is COC(=O)C(Cc1cccnc1N)NC(=O)OC(C)(C)C. The highest BCUT2D eigenvalue weighted by molar-refractivity contribution is 5.81. The fraction of sp³-hybridized carbons (Fsp3) is 0.500. The van der Waals surface area contributed by atoms with Crippen molar-refractivity contribution in [2.75, 3.05) is 12.8 Å². The number of nitrogen functional groups attached to an aromatic ring is 1. The molecule has 116 valence electrons. The van der Waals surface area contributed by atoms with Gasteiger partial charge in [0.05, 0.1) is 7.11 Å². The number of carbonyl (C=O) groups is 2. The first-order valence-corrected chi connectivity index (χ1v) is 6.49. The predicted molar refractivity (Wildman–Crippen MR) is 77.5 cm³/mol. The molecule has 1 rings (SSSR count). The summed E-state index contributed by atoms with van der Waals surface area (Å²) in [6, 6.07) is 2.54. The van der Waals surface area contributed by atoms with Crippen LogP contribution < -0.4 is 11.1 Å². The second-order valence-electron chi connectivity index (χ2n) is 5.47. The summed E-state index contributed by atoms with van der Waals surface area (Å²) < 4.78 is 9.81. The topological polar surface area (TPSA) is 104 Å².